The third-order valence-corrected chi connectivity index (χ3v) is 11.4. The molecule has 286 valence electrons. The maximum absolute atomic E-state index is 5.28. The molecule has 0 amide bonds. The lowest BCUT2D eigenvalue weighted by molar-refractivity contribution is 0.415. The number of hydrogen-bond donors (Lipinski definition) is 2. The number of methoxy groups -OCH3 is 2. The first-order chi connectivity index (χ1) is 28.6. The lowest BCUT2D eigenvalue weighted by Crippen LogP contribution is -2.00. The average molecular weight is 799 g/mol. The Balaban J connectivity index is 0.855. The van der Waals surface area contributed by atoms with E-state index in [9.17, 15) is 0 Å². The van der Waals surface area contributed by atoms with Crippen molar-refractivity contribution < 1.29 is 9.47 Å². The van der Waals surface area contributed by atoms with Crippen molar-refractivity contribution in [3.63, 3.8) is 0 Å². The van der Waals surface area contributed by atoms with Crippen LogP contribution in [0.1, 0.15) is 22.3 Å². The van der Waals surface area contributed by atoms with Gasteiger partial charge in [-0.2, -0.15) is 10.2 Å². The summed E-state index contributed by atoms with van der Waals surface area (Å²) in [5.74, 6) is 1.64. The van der Waals surface area contributed by atoms with Crippen molar-refractivity contribution in [2.75, 3.05) is 25.1 Å². The minimum atomic E-state index is 0.729. The highest BCUT2D eigenvalue weighted by Gasteiger charge is 2.11. The largest absolute Gasteiger partial charge is 0.497 e. The number of thiazole rings is 2. The number of hydrogen-bond acceptors (Lipinski definition) is 10. The van der Waals surface area contributed by atoms with Crippen LogP contribution < -0.4 is 20.3 Å². The molecule has 58 heavy (non-hydrogen) atoms. The van der Waals surface area contributed by atoms with Crippen LogP contribution in [0.2, 0.25) is 0 Å². The van der Waals surface area contributed by atoms with Crippen molar-refractivity contribution in [2.45, 2.75) is 13.1 Å². The van der Waals surface area contributed by atoms with Gasteiger partial charge >= 0.3 is 0 Å². The lowest BCUT2D eigenvalue weighted by Gasteiger charge is -2.09. The molecule has 9 rings (SSSR count). The van der Waals surface area contributed by atoms with Gasteiger partial charge in [0.15, 0.2) is 0 Å². The molecular formula is C46H38N8O2S2. The van der Waals surface area contributed by atoms with Gasteiger partial charge in [-0.05, 0) is 71.8 Å². The van der Waals surface area contributed by atoms with E-state index in [1.165, 1.54) is 33.8 Å². The predicted octanol–water partition coefficient (Wildman–Crippen LogP) is 10.8. The van der Waals surface area contributed by atoms with Gasteiger partial charge in [0.25, 0.3) is 0 Å². The van der Waals surface area contributed by atoms with Crippen LogP contribution in [0.3, 0.4) is 0 Å². The van der Waals surface area contributed by atoms with Crippen LogP contribution >= 0.6 is 22.7 Å². The van der Waals surface area contributed by atoms with Gasteiger partial charge in [-0.25, -0.2) is 9.97 Å². The molecule has 0 aliphatic carbocycles. The number of aromatic nitrogens is 4. The van der Waals surface area contributed by atoms with Crippen LogP contribution in [-0.2, 0) is 13.1 Å². The minimum Gasteiger partial charge on any atom is -0.497 e. The lowest BCUT2D eigenvalue weighted by atomic mass is 10.1. The third-order valence-electron chi connectivity index (χ3n) is 9.88. The average Bonchev–Trinajstić information content (AvgIpc) is 4.09. The zero-order valence-corrected chi connectivity index (χ0v) is 33.4. The molecule has 0 radical (unpaired) electrons. The van der Waals surface area contributed by atoms with Gasteiger partial charge < -0.3 is 18.6 Å². The van der Waals surface area contributed by atoms with Gasteiger partial charge in [0, 0.05) is 80.3 Å². The molecule has 0 unspecified atom stereocenters. The predicted molar refractivity (Wildman–Crippen MR) is 239 cm³/mol. The van der Waals surface area contributed by atoms with E-state index < -0.39 is 0 Å². The number of fused-ring (bicyclic) bond motifs is 2. The van der Waals surface area contributed by atoms with Crippen LogP contribution in [0.5, 0.6) is 11.5 Å². The zero-order chi connectivity index (χ0) is 39.3. The molecule has 4 heterocycles. The van der Waals surface area contributed by atoms with E-state index in [0.717, 1.165) is 90.3 Å². The molecule has 9 aromatic rings. The Bertz CT molecular complexity index is 2670. The molecule has 0 aliphatic heterocycles. The van der Waals surface area contributed by atoms with Gasteiger partial charge in [-0.15, -0.1) is 22.7 Å². The molecule has 0 saturated heterocycles. The Morgan fingerprint density at radius 3 is 1.38 bits per heavy atom. The second-order valence-corrected chi connectivity index (χ2v) is 15.3. The molecule has 10 nitrogen and oxygen atoms in total. The molecule has 5 aromatic carbocycles. The Morgan fingerprint density at radius 1 is 0.552 bits per heavy atom. The van der Waals surface area contributed by atoms with Gasteiger partial charge in [0.2, 0.25) is 10.3 Å². The van der Waals surface area contributed by atoms with Crippen molar-refractivity contribution in [3.05, 3.63) is 167 Å². The van der Waals surface area contributed by atoms with Crippen LogP contribution in [0.4, 0.5) is 10.3 Å². The van der Waals surface area contributed by atoms with Crippen LogP contribution in [0.25, 0.3) is 44.3 Å². The summed E-state index contributed by atoms with van der Waals surface area (Å²) in [6.07, 6.45) is 8.05. The van der Waals surface area contributed by atoms with Gasteiger partial charge in [0.1, 0.15) is 11.5 Å². The Kier molecular flexibility index (Phi) is 10.5. The minimum absolute atomic E-state index is 0.729. The second kappa shape index (κ2) is 16.6. The van der Waals surface area contributed by atoms with Gasteiger partial charge in [-0.1, -0.05) is 60.7 Å². The monoisotopic (exact) mass is 798 g/mol. The quantitative estimate of drug-likeness (QED) is 0.0839. The van der Waals surface area contributed by atoms with Crippen LogP contribution in [0, 0.1) is 0 Å². The first-order valence-electron chi connectivity index (χ1n) is 18.6. The number of benzene rings is 5. The SMILES string of the molecule is COc1ccc(-c2csc(N/N=C/c3cn(Cc4ccc(Cn5cc(/C=N/Nc6nc(-c7ccc(OC)cc7)cs6)c6ccccc65)cc4)c4ccccc34)n2)cc1. The summed E-state index contributed by atoms with van der Waals surface area (Å²) in [5, 5.41) is 16.9. The Labute approximate surface area is 343 Å². The fourth-order valence-electron chi connectivity index (χ4n) is 6.91. The highest BCUT2D eigenvalue weighted by Crippen LogP contribution is 2.29. The molecule has 0 atom stereocenters. The van der Waals surface area contributed by atoms with Crippen molar-refractivity contribution in [1.29, 1.82) is 0 Å². The number of para-hydroxylation sites is 2. The fourth-order valence-corrected chi connectivity index (χ4v) is 8.25. The molecule has 0 aliphatic rings. The highest BCUT2D eigenvalue weighted by molar-refractivity contribution is 7.14. The number of anilines is 2. The summed E-state index contributed by atoms with van der Waals surface area (Å²) in [7, 11) is 3.33. The molecule has 4 aromatic heterocycles. The summed E-state index contributed by atoms with van der Waals surface area (Å²) < 4.78 is 15.1. The standard InChI is InChI=1S/C46H38N8O2S2/c1-55-37-19-15-33(16-20-37)41-29-57-45(49-41)51-47-23-35-27-53(43-9-5-3-7-39(35)43)25-31-11-13-32(14-12-31)26-54-28-36(40-8-4-6-10-44(40)54)24-48-52-46-50-42(30-58-46)34-17-21-38(56-2)22-18-34/h3-24,27-30H,25-26H2,1-2H3,(H,49,51)(H,50,52)/b47-23+,48-24+. The van der Waals surface area contributed by atoms with E-state index in [2.05, 4.69) is 115 Å². The summed E-state index contributed by atoms with van der Waals surface area (Å²) in [6, 6.07) is 41.5. The summed E-state index contributed by atoms with van der Waals surface area (Å²) in [5.41, 5.74) is 16.9. The number of nitrogens with zero attached hydrogens (tertiary/aromatic N) is 6. The van der Waals surface area contributed by atoms with E-state index >= 15 is 0 Å². The number of hydrazone groups is 2. The molecule has 0 fully saturated rings. The molecule has 0 saturated carbocycles. The topological polar surface area (TPSA) is 103 Å². The van der Waals surface area contributed by atoms with Gasteiger partial charge in [0.05, 0.1) is 38.0 Å². The summed E-state index contributed by atoms with van der Waals surface area (Å²) in [4.78, 5) is 9.42. The smallest absolute Gasteiger partial charge is 0.203 e. The molecule has 0 bridgehead atoms. The molecular weight excluding hydrogens is 761 g/mol. The van der Waals surface area contributed by atoms with E-state index in [1.54, 1.807) is 14.2 Å². The van der Waals surface area contributed by atoms with E-state index in [-0.39, 0.29) is 0 Å². The Hall–Kier alpha value is -7.02. The number of nitrogens with one attached hydrogen (secondary N) is 2. The second-order valence-electron chi connectivity index (χ2n) is 13.5. The first kappa shape index (κ1) is 36.6. The third kappa shape index (κ3) is 7.97. The van der Waals surface area contributed by atoms with Crippen LogP contribution in [0.15, 0.2) is 155 Å². The normalized spacial score (nSPS) is 11.6. The van der Waals surface area contributed by atoms with Crippen LogP contribution in [-0.4, -0.2) is 45.8 Å². The van der Waals surface area contributed by atoms with E-state index in [4.69, 9.17) is 19.4 Å². The van der Waals surface area contributed by atoms with E-state index in [1.807, 2.05) is 71.7 Å². The van der Waals surface area contributed by atoms with Crippen molar-refractivity contribution in [2.24, 2.45) is 10.2 Å². The highest BCUT2D eigenvalue weighted by atomic mass is 32.1. The fraction of sp³-hybridized carbons (Fsp3) is 0.0870. The summed E-state index contributed by atoms with van der Waals surface area (Å²) in [6.45, 7) is 1.47. The molecule has 12 heteroatoms. The van der Waals surface area contributed by atoms with Gasteiger partial charge in [-0.3, -0.25) is 10.9 Å². The van der Waals surface area contributed by atoms with Crippen molar-refractivity contribution >= 4 is 67.2 Å². The van der Waals surface area contributed by atoms with Crippen molar-refractivity contribution in [3.8, 4) is 34.0 Å². The maximum atomic E-state index is 5.28. The molecule has 2 N–H and O–H groups in total. The number of rotatable bonds is 14. The Morgan fingerprint density at radius 2 is 0.966 bits per heavy atom. The first-order valence-corrected chi connectivity index (χ1v) is 20.4. The van der Waals surface area contributed by atoms with E-state index in [0.29, 0.717) is 0 Å². The summed E-state index contributed by atoms with van der Waals surface area (Å²) >= 11 is 3.04. The molecule has 0 spiro atoms. The zero-order valence-electron chi connectivity index (χ0n) is 31.7. The number of ether oxygens (including phenoxy) is 2. The maximum Gasteiger partial charge on any atom is 0.203 e. The van der Waals surface area contributed by atoms with Crippen molar-refractivity contribution in [1.82, 2.24) is 19.1 Å².